The second-order valence-corrected chi connectivity index (χ2v) is 6.78. The molecule has 0 spiro atoms. The molecular formula is C14H25N3S. The van der Waals surface area contributed by atoms with Crippen molar-refractivity contribution in [3.8, 4) is 0 Å². The molecule has 4 atom stereocenters. The van der Waals surface area contributed by atoms with Crippen LogP contribution in [0.1, 0.15) is 32.4 Å². The average Bonchev–Trinajstić information content (AvgIpc) is 2.76. The SMILES string of the molecule is CC1CC(C)C(CN(C)Cc2cscn2)C(N)C1. The van der Waals surface area contributed by atoms with Gasteiger partial charge in [0.15, 0.2) is 0 Å². The van der Waals surface area contributed by atoms with Crippen LogP contribution < -0.4 is 5.73 Å². The molecule has 0 amide bonds. The highest BCUT2D eigenvalue weighted by Gasteiger charge is 2.32. The van der Waals surface area contributed by atoms with Crippen LogP contribution in [0.2, 0.25) is 0 Å². The maximum absolute atomic E-state index is 6.34. The standard InChI is InChI=1S/C14H25N3S/c1-10-4-11(2)13(14(15)5-10)7-17(3)6-12-8-18-9-16-12/h8-11,13-14H,4-7,15H2,1-3H3. The Hall–Kier alpha value is -0.450. The maximum atomic E-state index is 6.34. The molecule has 1 aliphatic rings. The minimum atomic E-state index is 0.363. The van der Waals surface area contributed by atoms with Gasteiger partial charge in [-0.15, -0.1) is 11.3 Å². The summed E-state index contributed by atoms with van der Waals surface area (Å²) in [6.45, 7) is 6.71. The van der Waals surface area contributed by atoms with Crippen LogP contribution >= 0.6 is 11.3 Å². The van der Waals surface area contributed by atoms with Crippen LogP contribution in [0.4, 0.5) is 0 Å². The Balaban J connectivity index is 1.87. The highest BCUT2D eigenvalue weighted by molar-refractivity contribution is 7.07. The number of hydrogen-bond acceptors (Lipinski definition) is 4. The fraction of sp³-hybridized carbons (Fsp3) is 0.786. The summed E-state index contributed by atoms with van der Waals surface area (Å²) in [4.78, 5) is 6.71. The van der Waals surface area contributed by atoms with Crippen molar-refractivity contribution < 1.29 is 0 Å². The summed E-state index contributed by atoms with van der Waals surface area (Å²) in [5.74, 6) is 2.15. The third kappa shape index (κ3) is 3.53. The predicted octanol–water partition coefficient (Wildman–Crippen LogP) is 2.58. The van der Waals surface area contributed by atoms with Crippen molar-refractivity contribution >= 4 is 11.3 Å². The molecule has 2 N–H and O–H groups in total. The van der Waals surface area contributed by atoms with Gasteiger partial charge >= 0.3 is 0 Å². The molecule has 1 aromatic rings. The maximum Gasteiger partial charge on any atom is 0.0795 e. The van der Waals surface area contributed by atoms with Crippen LogP contribution in [0.25, 0.3) is 0 Å². The van der Waals surface area contributed by atoms with Gasteiger partial charge in [-0.2, -0.15) is 0 Å². The lowest BCUT2D eigenvalue weighted by atomic mass is 9.72. The van der Waals surface area contributed by atoms with Gasteiger partial charge in [-0.25, -0.2) is 4.98 Å². The fourth-order valence-electron chi connectivity index (χ4n) is 3.30. The van der Waals surface area contributed by atoms with Gasteiger partial charge in [0.05, 0.1) is 11.2 Å². The normalized spacial score (nSPS) is 32.9. The Morgan fingerprint density at radius 1 is 1.44 bits per heavy atom. The number of nitrogens with zero attached hydrogens (tertiary/aromatic N) is 2. The first kappa shape index (κ1) is 14.0. The quantitative estimate of drug-likeness (QED) is 0.911. The Morgan fingerprint density at radius 2 is 2.22 bits per heavy atom. The molecule has 1 saturated carbocycles. The molecule has 1 heterocycles. The van der Waals surface area contributed by atoms with Crippen molar-refractivity contribution in [1.29, 1.82) is 0 Å². The lowest BCUT2D eigenvalue weighted by molar-refractivity contribution is 0.127. The second-order valence-electron chi connectivity index (χ2n) is 6.06. The molecule has 1 aliphatic carbocycles. The van der Waals surface area contributed by atoms with Crippen LogP contribution in [0.3, 0.4) is 0 Å². The van der Waals surface area contributed by atoms with Crippen molar-refractivity contribution in [1.82, 2.24) is 9.88 Å². The topological polar surface area (TPSA) is 42.2 Å². The third-order valence-corrected chi connectivity index (χ3v) is 4.80. The van der Waals surface area contributed by atoms with E-state index in [0.717, 1.165) is 24.9 Å². The van der Waals surface area contributed by atoms with E-state index in [0.29, 0.717) is 12.0 Å². The molecule has 1 aromatic heterocycles. The van der Waals surface area contributed by atoms with E-state index in [9.17, 15) is 0 Å². The van der Waals surface area contributed by atoms with Crippen molar-refractivity contribution in [3.63, 3.8) is 0 Å². The molecule has 0 saturated heterocycles. The first-order chi connectivity index (χ1) is 8.56. The van der Waals surface area contributed by atoms with Crippen LogP contribution in [0.5, 0.6) is 0 Å². The Bertz CT molecular complexity index is 340. The van der Waals surface area contributed by atoms with E-state index in [1.165, 1.54) is 18.5 Å². The minimum Gasteiger partial charge on any atom is -0.327 e. The molecule has 0 radical (unpaired) electrons. The summed E-state index contributed by atoms with van der Waals surface area (Å²) in [6.07, 6.45) is 2.50. The molecule has 3 nitrogen and oxygen atoms in total. The Morgan fingerprint density at radius 3 is 2.83 bits per heavy atom. The molecule has 4 heteroatoms. The van der Waals surface area contributed by atoms with Gasteiger partial charge < -0.3 is 10.6 Å². The molecule has 1 fully saturated rings. The van der Waals surface area contributed by atoms with Gasteiger partial charge in [0.25, 0.3) is 0 Å². The third-order valence-electron chi connectivity index (χ3n) is 4.17. The molecule has 102 valence electrons. The lowest BCUT2D eigenvalue weighted by Crippen LogP contribution is -2.45. The fourth-order valence-corrected chi connectivity index (χ4v) is 3.85. The summed E-state index contributed by atoms with van der Waals surface area (Å²) in [7, 11) is 2.18. The van der Waals surface area contributed by atoms with E-state index in [1.54, 1.807) is 11.3 Å². The highest BCUT2D eigenvalue weighted by atomic mass is 32.1. The van der Waals surface area contributed by atoms with Crippen molar-refractivity contribution in [2.24, 2.45) is 23.5 Å². The van der Waals surface area contributed by atoms with E-state index in [4.69, 9.17) is 5.73 Å². The highest BCUT2D eigenvalue weighted by Crippen LogP contribution is 2.33. The van der Waals surface area contributed by atoms with Gasteiger partial charge in [-0.05, 0) is 37.6 Å². The Labute approximate surface area is 114 Å². The van der Waals surface area contributed by atoms with E-state index < -0.39 is 0 Å². The molecule has 4 unspecified atom stereocenters. The molecule has 0 aromatic carbocycles. The molecule has 2 rings (SSSR count). The van der Waals surface area contributed by atoms with Gasteiger partial charge in [-0.3, -0.25) is 0 Å². The zero-order valence-electron chi connectivity index (χ0n) is 11.7. The van der Waals surface area contributed by atoms with Gasteiger partial charge in [0.1, 0.15) is 0 Å². The largest absolute Gasteiger partial charge is 0.327 e. The summed E-state index contributed by atoms with van der Waals surface area (Å²) in [5.41, 5.74) is 9.42. The predicted molar refractivity (Wildman–Crippen MR) is 77.5 cm³/mol. The van der Waals surface area contributed by atoms with Crippen molar-refractivity contribution in [3.05, 3.63) is 16.6 Å². The van der Waals surface area contributed by atoms with Crippen LogP contribution in [-0.2, 0) is 6.54 Å². The van der Waals surface area contributed by atoms with Crippen LogP contribution in [0.15, 0.2) is 10.9 Å². The molecular weight excluding hydrogens is 242 g/mol. The van der Waals surface area contributed by atoms with Gasteiger partial charge in [0, 0.05) is 24.5 Å². The summed E-state index contributed by atoms with van der Waals surface area (Å²) in [5, 5.41) is 2.13. The lowest BCUT2D eigenvalue weighted by Gasteiger charge is -2.39. The first-order valence-electron chi connectivity index (χ1n) is 6.87. The summed E-state index contributed by atoms with van der Waals surface area (Å²) >= 11 is 1.67. The zero-order valence-corrected chi connectivity index (χ0v) is 12.5. The monoisotopic (exact) mass is 267 g/mol. The number of hydrogen-bond donors (Lipinski definition) is 1. The Kier molecular flexibility index (Phi) is 4.76. The van der Waals surface area contributed by atoms with Crippen molar-refractivity contribution in [2.75, 3.05) is 13.6 Å². The molecule has 0 bridgehead atoms. The average molecular weight is 267 g/mol. The summed E-state index contributed by atoms with van der Waals surface area (Å²) < 4.78 is 0. The van der Waals surface area contributed by atoms with Gasteiger partial charge in [0.2, 0.25) is 0 Å². The number of rotatable bonds is 4. The number of nitrogens with two attached hydrogens (primary N) is 1. The molecule has 18 heavy (non-hydrogen) atoms. The summed E-state index contributed by atoms with van der Waals surface area (Å²) in [6, 6.07) is 0.363. The van der Waals surface area contributed by atoms with Crippen LogP contribution in [-0.4, -0.2) is 29.5 Å². The van der Waals surface area contributed by atoms with Crippen molar-refractivity contribution in [2.45, 2.75) is 39.3 Å². The first-order valence-corrected chi connectivity index (χ1v) is 7.81. The smallest absolute Gasteiger partial charge is 0.0795 e. The second kappa shape index (κ2) is 6.13. The number of aromatic nitrogens is 1. The number of thiazole rings is 1. The molecule has 0 aliphatic heterocycles. The van der Waals surface area contributed by atoms with E-state index in [1.807, 2.05) is 5.51 Å². The van der Waals surface area contributed by atoms with E-state index >= 15 is 0 Å². The van der Waals surface area contributed by atoms with E-state index in [-0.39, 0.29) is 0 Å². The van der Waals surface area contributed by atoms with E-state index in [2.05, 4.69) is 36.2 Å². The zero-order chi connectivity index (χ0) is 13.1. The van der Waals surface area contributed by atoms with Gasteiger partial charge in [-0.1, -0.05) is 13.8 Å². The van der Waals surface area contributed by atoms with Crippen LogP contribution in [0, 0.1) is 17.8 Å². The minimum absolute atomic E-state index is 0.363.